The number of ether oxygens (including phenoxy) is 4. The van der Waals surface area contributed by atoms with Crippen LogP contribution in [-0.4, -0.2) is 52.3 Å². The van der Waals surface area contributed by atoms with Crippen molar-refractivity contribution in [1.29, 1.82) is 0 Å². The second-order valence-corrected chi connectivity index (χ2v) is 7.08. The third-order valence-electron chi connectivity index (χ3n) is 4.90. The number of hydrogen-bond donors (Lipinski definition) is 0. The van der Waals surface area contributed by atoms with E-state index < -0.39 is 11.9 Å². The molecule has 0 spiro atoms. The van der Waals surface area contributed by atoms with Crippen LogP contribution in [0.3, 0.4) is 0 Å². The third kappa shape index (κ3) is 7.53. The van der Waals surface area contributed by atoms with Crippen LogP contribution in [0.5, 0.6) is 0 Å². The van der Waals surface area contributed by atoms with Crippen LogP contribution >= 0.6 is 0 Å². The van der Waals surface area contributed by atoms with Gasteiger partial charge in [-0.25, -0.2) is 19.2 Å². The Balaban J connectivity index is 0.000000269. The van der Waals surface area contributed by atoms with E-state index in [-0.39, 0.29) is 23.1 Å². The van der Waals surface area contributed by atoms with E-state index in [1.54, 1.807) is 36.4 Å². The van der Waals surface area contributed by atoms with Gasteiger partial charge in [-0.15, -0.1) is 0 Å². The first kappa shape index (κ1) is 26.8. The van der Waals surface area contributed by atoms with E-state index in [1.807, 2.05) is 24.3 Å². The lowest BCUT2D eigenvalue weighted by atomic mass is 10.0. The van der Waals surface area contributed by atoms with Gasteiger partial charge in [-0.1, -0.05) is 36.4 Å². The molecule has 0 radical (unpaired) electrons. The van der Waals surface area contributed by atoms with Gasteiger partial charge in [-0.05, 0) is 53.9 Å². The summed E-state index contributed by atoms with van der Waals surface area (Å²) in [5.41, 5.74) is 3.63. The minimum absolute atomic E-state index is 0.210. The van der Waals surface area contributed by atoms with Gasteiger partial charge < -0.3 is 18.9 Å². The summed E-state index contributed by atoms with van der Waals surface area (Å²) in [6.07, 6.45) is 0.725. The minimum Gasteiger partial charge on any atom is -0.465 e. The standard InChI is InChI=1S/C17H16O4.C10H10O4/c1-20-16(18)14-7-3-12(4-8-14)11-13-5-9-15(10-6-13)17(19)21-2;1-13-9(11)7-5-3-4-6-8(7)10(12)14-2/h3-10H,11H2,1-2H3;3-6H,1-2H3. The molecule has 3 aromatic carbocycles. The maximum atomic E-state index is 11.3. The summed E-state index contributed by atoms with van der Waals surface area (Å²) in [7, 11) is 5.24. The quantitative estimate of drug-likeness (QED) is 0.385. The zero-order valence-electron chi connectivity index (χ0n) is 19.9. The average Bonchev–Trinajstić information content (AvgIpc) is 2.92. The molecule has 182 valence electrons. The van der Waals surface area contributed by atoms with Crippen molar-refractivity contribution < 1.29 is 38.1 Å². The van der Waals surface area contributed by atoms with Crippen LogP contribution in [0.15, 0.2) is 72.8 Å². The van der Waals surface area contributed by atoms with Gasteiger partial charge >= 0.3 is 23.9 Å². The van der Waals surface area contributed by atoms with E-state index in [1.165, 1.54) is 40.6 Å². The summed E-state index contributed by atoms with van der Waals surface area (Å²) in [6, 6.07) is 20.8. The van der Waals surface area contributed by atoms with Gasteiger partial charge in [0, 0.05) is 0 Å². The van der Waals surface area contributed by atoms with E-state index in [2.05, 4.69) is 18.9 Å². The normalized spacial score (nSPS) is 9.71. The summed E-state index contributed by atoms with van der Waals surface area (Å²) >= 11 is 0. The van der Waals surface area contributed by atoms with E-state index in [4.69, 9.17) is 0 Å². The molecule has 0 aliphatic carbocycles. The van der Waals surface area contributed by atoms with Crippen molar-refractivity contribution in [3.8, 4) is 0 Å². The highest BCUT2D eigenvalue weighted by Crippen LogP contribution is 2.13. The lowest BCUT2D eigenvalue weighted by molar-refractivity contribution is 0.0555. The molecule has 0 atom stereocenters. The van der Waals surface area contributed by atoms with Crippen LogP contribution in [0, 0.1) is 0 Å². The molecule has 35 heavy (non-hydrogen) atoms. The van der Waals surface area contributed by atoms with Gasteiger partial charge in [0.25, 0.3) is 0 Å². The molecule has 0 unspecified atom stereocenters. The van der Waals surface area contributed by atoms with Crippen LogP contribution in [0.2, 0.25) is 0 Å². The smallest absolute Gasteiger partial charge is 0.338 e. The molecule has 0 fully saturated rings. The van der Waals surface area contributed by atoms with Crippen LogP contribution in [-0.2, 0) is 25.4 Å². The zero-order valence-corrected chi connectivity index (χ0v) is 19.9. The molecule has 0 N–H and O–H groups in total. The van der Waals surface area contributed by atoms with Crippen LogP contribution in [0.1, 0.15) is 52.6 Å². The fraction of sp³-hybridized carbons (Fsp3) is 0.185. The zero-order chi connectivity index (χ0) is 25.8. The van der Waals surface area contributed by atoms with Crippen molar-refractivity contribution in [1.82, 2.24) is 0 Å². The number of benzene rings is 3. The van der Waals surface area contributed by atoms with Crippen molar-refractivity contribution in [2.24, 2.45) is 0 Å². The Bertz CT molecular complexity index is 1070. The molecule has 0 amide bonds. The monoisotopic (exact) mass is 478 g/mol. The maximum Gasteiger partial charge on any atom is 0.338 e. The fourth-order valence-electron chi connectivity index (χ4n) is 3.05. The molecule has 0 aromatic heterocycles. The molecular weight excluding hydrogens is 452 g/mol. The van der Waals surface area contributed by atoms with Crippen LogP contribution < -0.4 is 0 Å². The van der Waals surface area contributed by atoms with Gasteiger partial charge in [0.1, 0.15) is 0 Å². The van der Waals surface area contributed by atoms with Crippen molar-refractivity contribution >= 4 is 23.9 Å². The topological polar surface area (TPSA) is 105 Å². The second-order valence-electron chi connectivity index (χ2n) is 7.08. The molecule has 0 saturated heterocycles. The van der Waals surface area contributed by atoms with Gasteiger partial charge in [0.05, 0.1) is 50.7 Å². The largest absolute Gasteiger partial charge is 0.465 e. The van der Waals surface area contributed by atoms with Gasteiger partial charge in [0.15, 0.2) is 0 Å². The molecule has 0 aliphatic rings. The SMILES string of the molecule is COC(=O)c1ccc(Cc2ccc(C(=O)OC)cc2)cc1.COC(=O)c1ccccc1C(=O)OC. The molecular formula is C27H26O8. The Labute approximate surface area is 203 Å². The second kappa shape index (κ2) is 13.3. The molecule has 0 bridgehead atoms. The molecule has 0 aliphatic heterocycles. The summed E-state index contributed by atoms with van der Waals surface area (Å²) in [6.45, 7) is 0. The molecule has 8 heteroatoms. The fourth-order valence-corrected chi connectivity index (χ4v) is 3.05. The maximum absolute atomic E-state index is 11.3. The van der Waals surface area contributed by atoms with Crippen LogP contribution in [0.4, 0.5) is 0 Å². The summed E-state index contributed by atoms with van der Waals surface area (Å²) in [5, 5.41) is 0. The van der Waals surface area contributed by atoms with Crippen molar-refractivity contribution in [2.75, 3.05) is 28.4 Å². The Morgan fingerprint density at radius 1 is 0.486 bits per heavy atom. The number of hydrogen-bond acceptors (Lipinski definition) is 8. The Kier molecular flexibility index (Phi) is 10.2. The number of rotatable bonds is 6. The number of carbonyl (C=O) groups is 4. The van der Waals surface area contributed by atoms with Crippen molar-refractivity contribution in [3.63, 3.8) is 0 Å². The van der Waals surface area contributed by atoms with E-state index >= 15 is 0 Å². The van der Waals surface area contributed by atoms with Gasteiger partial charge in [0.2, 0.25) is 0 Å². The molecule has 3 rings (SSSR count). The lowest BCUT2D eigenvalue weighted by Gasteiger charge is -2.05. The predicted octanol–water partition coefficient (Wildman–Crippen LogP) is 4.11. The third-order valence-corrected chi connectivity index (χ3v) is 4.90. The van der Waals surface area contributed by atoms with E-state index in [9.17, 15) is 19.2 Å². The molecule has 0 heterocycles. The number of carbonyl (C=O) groups excluding carboxylic acids is 4. The highest BCUT2D eigenvalue weighted by molar-refractivity contribution is 6.03. The van der Waals surface area contributed by atoms with Crippen molar-refractivity contribution in [3.05, 3.63) is 106 Å². The molecule has 8 nitrogen and oxygen atoms in total. The number of methoxy groups -OCH3 is 4. The summed E-state index contributed by atoms with van der Waals surface area (Å²) in [5.74, 6) is -1.79. The highest BCUT2D eigenvalue weighted by atomic mass is 16.5. The summed E-state index contributed by atoms with van der Waals surface area (Å²) < 4.78 is 18.4. The first-order valence-electron chi connectivity index (χ1n) is 10.4. The lowest BCUT2D eigenvalue weighted by Crippen LogP contribution is -2.11. The first-order valence-corrected chi connectivity index (χ1v) is 10.4. The molecule has 0 saturated carbocycles. The molecule has 3 aromatic rings. The Morgan fingerprint density at radius 2 is 0.800 bits per heavy atom. The number of esters is 4. The first-order chi connectivity index (χ1) is 16.8. The van der Waals surface area contributed by atoms with E-state index in [0.29, 0.717) is 11.1 Å². The highest BCUT2D eigenvalue weighted by Gasteiger charge is 2.16. The van der Waals surface area contributed by atoms with Gasteiger partial charge in [-0.2, -0.15) is 0 Å². The average molecular weight is 478 g/mol. The Hall–Kier alpha value is -4.46. The van der Waals surface area contributed by atoms with Crippen molar-refractivity contribution in [2.45, 2.75) is 6.42 Å². The predicted molar refractivity (Wildman–Crippen MR) is 127 cm³/mol. The van der Waals surface area contributed by atoms with Crippen LogP contribution in [0.25, 0.3) is 0 Å². The summed E-state index contributed by atoms with van der Waals surface area (Å²) in [4.78, 5) is 45.1. The van der Waals surface area contributed by atoms with Gasteiger partial charge in [-0.3, -0.25) is 0 Å². The minimum atomic E-state index is -0.550. The Morgan fingerprint density at radius 3 is 1.09 bits per heavy atom. The van der Waals surface area contributed by atoms with E-state index in [0.717, 1.165) is 17.5 Å².